The second-order valence-corrected chi connectivity index (χ2v) is 8.63. The van der Waals surface area contributed by atoms with Gasteiger partial charge in [-0.2, -0.15) is 13.2 Å². The molecule has 1 fully saturated rings. The summed E-state index contributed by atoms with van der Waals surface area (Å²) in [6.45, 7) is 2.41. The van der Waals surface area contributed by atoms with Crippen molar-refractivity contribution in [2.24, 2.45) is 5.92 Å². The summed E-state index contributed by atoms with van der Waals surface area (Å²) in [6.07, 6.45) is -2.25. The summed E-state index contributed by atoms with van der Waals surface area (Å²) in [5.74, 6) is -1.15. The predicted octanol–water partition coefficient (Wildman–Crippen LogP) is 3.73. The molecule has 4 N–H and O–H groups in total. The number of piperidine rings is 1. The van der Waals surface area contributed by atoms with E-state index in [4.69, 9.17) is 0 Å². The Morgan fingerprint density at radius 3 is 2.32 bits per heavy atom. The zero-order chi connectivity index (χ0) is 26.6. The van der Waals surface area contributed by atoms with E-state index >= 15 is 0 Å². The van der Waals surface area contributed by atoms with E-state index in [2.05, 4.69) is 26.1 Å². The quantitative estimate of drug-likeness (QED) is 0.387. The van der Waals surface area contributed by atoms with E-state index in [-0.39, 0.29) is 29.1 Å². The highest BCUT2D eigenvalue weighted by molar-refractivity contribution is 6.06. The van der Waals surface area contributed by atoms with Crippen molar-refractivity contribution in [2.45, 2.75) is 25.9 Å². The second-order valence-electron chi connectivity index (χ2n) is 8.63. The average molecular weight is 515 g/mol. The monoisotopic (exact) mass is 514 g/mol. The fraction of sp³-hybridized carbons (Fsp3) is 0.280. The van der Waals surface area contributed by atoms with Crippen LogP contribution in [-0.4, -0.2) is 40.8 Å². The van der Waals surface area contributed by atoms with Crippen molar-refractivity contribution in [1.82, 2.24) is 20.8 Å². The molecule has 1 aliphatic heterocycles. The number of H-pyrrole nitrogens is 1. The van der Waals surface area contributed by atoms with Crippen molar-refractivity contribution in [3.8, 4) is 11.3 Å². The summed E-state index contributed by atoms with van der Waals surface area (Å²) >= 11 is 0. The van der Waals surface area contributed by atoms with E-state index in [9.17, 15) is 27.6 Å². The van der Waals surface area contributed by atoms with Crippen molar-refractivity contribution in [3.63, 3.8) is 0 Å². The largest absolute Gasteiger partial charge is 0.432 e. The first-order valence-corrected chi connectivity index (χ1v) is 11.6. The number of carbonyl (C=O) groups is 3. The first kappa shape index (κ1) is 25.7. The third-order valence-electron chi connectivity index (χ3n) is 5.99. The van der Waals surface area contributed by atoms with Crippen LogP contribution in [0.2, 0.25) is 0 Å². The summed E-state index contributed by atoms with van der Waals surface area (Å²) in [5.41, 5.74) is 3.96. The van der Waals surface area contributed by atoms with Crippen LogP contribution in [0.15, 0.2) is 54.7 Å². The summed E-state index contributed by atoms with van der Waals surface area (Å²) in [5, 5.41) is 2.48. The van der Waals surface area contributed by atoms with Crippen molar-refractivity contribution >= 4 is 29.2 Å². The van der Waals surface area contributed by atoms with Crippen LogP contribution in [0.5, 0.6) is 0 Å². The number of rotatable bonds is 5. The molecule has 0 bridgehead atoms. The minimum atomic E-state index is -4.74. The topological polar surface area (TPSA) is 119 Å². The van der Waals surface area contributed by atoms with E-state index in [1.807, 2.05) is 4.90 Å². The summed E-state index contributed by atoms with van der Waals surface area (Å²) in [4.78, 5) is 44.4. The number of anilines is 2. The van der Waals surface area contributed by atoms with Gasteiger partial charge in [0.15, 0.2) is 0 Å². The molecule has 0 unspecified atom stereocenters. The van der Waals surface area contributed by atoms with Gasteiger partial charge >= 0.3 is 6.18 Å². The number of benzene rings is 1. The number of hydrazine groups is 1. The molecule has 0 spiro atoms. The maximum Gasteiger partial charge on any atom is 0.432 e. The first-order valence-electron chi connectivity index (χ1n) is 11.6. The highest BCUT2D eigenvalue weighted by atomic mass is 19.4. The standard InChI is InChI=1S/C25H25F3N6O3/c1-15(35)32-33-23(36)17-9-11-34(12-10-17)21-8-7-18(14-29-21)30-24(37)19-13-20(16-5-3-2-4-6-16)31-22(19)25(26,27)28/h2-8,13-14,17,31H,9-12H2,1H3,(H,30,37)(H,32,35)(H,33,36). The van der Waals surface area contributed by atoms with Gasteiger partial charge in [-0.1, -0.05) is 30.3 Å². The van der Waals surface area contributed by atoms with Gasteiger partial charge in [0.25, 0.3) is 5.91 Å². The number of pyridine rings is 1. The zero-order valence-electron chi connectivity index (χ0n) is 19.9. The van der Waals surface area contributed by atoms with Gasteiger partial charge in [-0.15, -0.1) is 0 Å². The van der Waals surface area contributed by atoms with Crippen LogP contribution < -0.4 is 21.1 Å². The van der Waals surface area contributed by atoms with E-state index in [0.717, 1.165) is 0 Å². The number of hydrogen-bond acceptors (Lipinski definition) is 5. The molecule has 37 heavy (non-hydrogen) atoms. The molecule has 12 heteroatoms. The van der Waals surface area contributed by atoms with Gasteiger partial charge in [-0.3, -0.25) is 25.2 Å². The van der Waals surface area contributed by atoms with Gasteiger partial charge in [0.05, 0.1) is 17.4 Å². The molecule has 1 aromatic carbocycles. The Bertz CT molecular complexity index is 1270. The van der Waals surface area contributed by atoms with Crippen molar-refractivity contribution in [3.05, 3.63) is 66.0 Å². The van der Waals surface area contributed by atoms with Gasteiger partial charge in [-0.25, -0.2) is 4.98 Å². The Hall–Kier alpha value is -4.35. The molecule has 3 aromatic rings. The number of nitrogens with zero attached hydrogens (tertiary/aromatic N) is 2. The maximum absolute atomic E-state index is 13.6. The summed E-state index contributed by atoms with van der Waals surface area (Å²) in [7, 11) is 0. The van der Waals surface area contributed by atoms with Gasteiger partial charge in [0.2, 0.25) is 11.8 Å². The smallest absolute Gasteiger partial charge is 0.357 e. The number of nitrogens with one attached hydrogen (secondary N) is 4. The van der Waals surface area contributed by atoms with E-state index in [1.54, 1.807) is 42.5 Å². The van der Waals surface area contributed by atoms with E-state index in [0.29, 0.717) is 37.3 Å². The molecule has 1 saturated heterocycles. The molecule has 3 amide bonds. The summed E-state index contributed by atoms with van der Waals surface area (Å²) < 4.78 is 40.9. The van der Waals surface area contributed by atoms with Crippen LogP contribution in [0.1, 0.15) is 35.8 Å². The molecule has 4 rings (SSSR count). The van der Waals surface area contributed by atoms with Gasteiger partial charge in [-0.05, 0) is 36.6 Å². The Morgan fingerprint density at radius 2 is 1.73 bits per heavy atom. The number of hydrogen-bond donors (Lipinski definition) is 4. The Labute approximate surface area is 210 Å². The van der Waals surface area contributed by atoms with Gasteiger partial charge in [0.1, 0.15) is 11.5 Å². The van der Waals surface area contributed by atoms with Crippen LogP contribution in [0.4, 0.5) is 24.7 Å². The van der Waals surface area contributed by atoms with Gasteiger partial charge < -0.3 is 15.2 Å². The molecular weight excluding hydrogens is 489 g/mol. The fourth-order valence-corrected chi connectivity index (χ4v) is 4.10. The fourth-order valence-electron chi connectivity index (χ4n) is 4.10. The number of alkyl halides is 3. The SMILES string of the molecule is CC(=O)NNC(=O)C1CCN(c2ccc(NC(=O)c3cc(-c4ccccc4)[nH]c3C(F)(F)F)cn2)CC1. The van der Waals surface area contributed by atoms with Crippen molar-refractivity contribution in [2.75, 3.05) is 23.3 Å². The minimum Gasteiger partial charge on any atom is -0.357 e. The predicted molar refractivity (Wildman–Crippen MR) is 130 cm³/mol. The molecular formula is C25H25F3N6O3. The summed E-state index contributed by atoms with van der Waals surface area (Å²) in [6, 6.07) is 12.8. The molecule has 9 nitrogen and oxygen atoms in total. The third-order valence-corrected chi connectivity index (χ3v) is 5.99. The van der Waals surface area contributed by atoms with Crippen LogP contribution in [0.25, 0.3) is 11.3 Å². The average Bonchev–Trinajstić information content (AvgIpc) is 3.35. The lowest BCUT2D eigenvalue weighted by atomic mass is 9.96. The van der Waals surface area contributed by atoms with Crippen molar-refractivity contribution < 1.29 is 27.6 Å². The number of halogens is 3. The molecule has 1 aliphatic rings. The number of carbonyl (C=O) groups excluding carboxylic acids is 3. The molecule has 0 atom stereocenters. The molecule has 0 radical (unpaired) electrons. The van der Waals surface area contributed by atoms with Crippen LogP contribution in [0, 0.1) is 5.92 Å². The number of aromatic amines is 1. The van der Waals surface area contributed by atoms with Crippen LogP contribution in [0.3, 0.4) is 0 Å². The van der Waals surface area contributed by atoms with E-state index in [1.165, 1.54) is 19.2 Å². The molecule has 0 aliphatic carbocycles. The molecule has 0 saturated carbocycles. The molecule has 194 valence electrons. The van der Waals surface area contributed by atoms with Crippen LogP contribution >= 0.6 is 0 Å². The van der Waals surface area contributed by atoms with Crippen molar-refractivity contribution in [1.29, 1.82) is 0 Å². The van der Waals surface area contributed by atoms with E-state index < -0.39 is 23.3 Å². The Balaban J connectivity index is 1.40. The lowest BCUT2D eigenvalue weighted by Gasteiger charge is -2.32. The number of aromatic nitrogens is 2. The lowest BCUT2D eigenvalue weighted by Crippen LogP contribution is -2.46. The maximum atomic E-state index is 13.6. The molecule has 2 aromatic heterocycles. The lowest BCUT2D eigenvalue weighted by molar-refractivity contribution is -0.141. The van der Waals surface area contributed by atoms with Crippen LogP contribution in [-0.2, 0) is 15.8 Å². The third kappa shape index (κ3) is 6.26. The highest BCUT2D eigenvalue weighted by Gasteiger charge is 2.38. The Morgan fingerprint density at radius 1 is 1.03 bits per heavy atom. The Kier molecular flexibility index (Phi) is 7.46. The minimum absolute atomic E-state index is 0.181. The molecule has 3 heterocycles. The first-order chi connectivity index (χ1) is 17.6. The zero-order valence-corrected chi connectivity index (χ0v) is 19.9. The highest BCUT2D eigenvalue weighted by Crippen LogP contribution is 2.35. The number of amides is 3. The van der Waals surface area contributed by atoms with Gasteiger partial charge in [0, 0.05) is 31.6 Å². The normalized spacial score (nSPS) is 14.2. The second kappa shape index (κ2) is 10.7.